The Bertz CT molecular complexity index is 530. The molecular formula is C15H26BNO10. The lowest BCUT2D eigenvalue weighted by Gasteiger charge is -2.24. The quantitative estimate of drug-likeness (QED) is 0.179. The third kappa shape index (κ3) is 9.24. The van der Waals surface area contributed by atoms with Crippen LogP contribution in [-0.2, 0) is 11.2 Å². The molecule has 0 heterocycles. The van der Waals surface area contributed by atoms with Crippen molar-refractivity contribution in [3.8, 4) is 0 Å². The highest BCUT2D eigenvalue weighted by molar-refractivity contribution is 6.58. The molecule has 11 nitrogen and oxygen atoms in total. The van der Waals surface area contributed by atoms with Crippen LogP contribution in [0.4, 0.5) is 0 Å². The van der Waals surface area contributed by atoms with Crippen LogP contribution in [0.15, 0.2) is 24.3 Å². The normalized spacial score (nSPS) is 16.3. The lowest BCUT2D eigenvalue weighted by atomic mass is 9.80. The van der Waals surface area contributed by atoms with Crippen molar-refractivity contribution in [2.45, 2.75) is 36.9 Å². The number of aliphatic hydroxyl groups is 6. The molecule has 0 saturated carbocycles. The number of aliphatic carboxylic acids is 1. The van der Waals surface area contributed by atoms with E-state index in [0.29, 0.717) is 5.46 Å². The molecule has 0 aliphatic heterocycles. The third-order valence-corrected chi connectivity index (χ3v) is 3.56. The number of carboxylic acid groups (broad SMARTS) is 1. The van der Waals surface area contributed by atoms with Crippen molar-refractivity contribution in [1.29, 1.82) is 0 Å². The van der Waals surface area contributed by atoms with E-state index in [1.54, 1.807) is 12.1 Å². The topological polar surface area (TPSA) is 225 Å². The molecule has 154 valence electrons. The number of aliphatic hydroxyl groups excluding tert-OH is 6. The first-order chi connectivity index (χ1) is 12.5. The Hall–Kier alpha value is -1.61. The van der Waals surface area contributed by atoms with Gasteiger partial charge in [-0.3, -0.25) is 4.79 Å². The second-order valence-corrected chi connectivity index (χ2v) is 5.75. The van der Waals surface area contributed by atoms with Crippen LogP contribution < -0.4 is 11.2 Å². The van der Waals surface area contributed by atoms with Crippen molar-refractivity contribution < 1.29 is 50.6 Å². The SMILES string of the molecule is N[C@@H](Cc1ccc(B(O)O)cc1)C(=O)O.OC[C@@H](O)[C@@H](O)[C@H](O)[C@H](O)CO. The molecule has 0 fully saturated rings. The molecule has 1 aromatic rings. The minimum absolute atomic E-state index is 0.219. The van der Waals surface area contributed by atoms with Crippen LogP contribution in [0.1, 0.15) is 5.56 Å². The first-order valence-corrected chi connectivity index (χ1v) is 7.92. The maximum atomic E-state index is 10.5. The number of carbonyl (C=O) groups is 1. The van der Waals surface area contributed by atoms with Gasteiger partial charge in [0.2, 0.25) is 0 Å². The standard InChI is InChI=1S/C9H12BNO4.C6H14O6/c11-8(9(12)13)5-6-1-3-7(4-2-6)10(14)15;7-1-3(9)5(11)6(12)4(10)2-8/h1-4,8,14-15H,5,11H2,(H,12,13);3-12H,1-2H2/t8-;3-,4-,5-,6-/m01/s1. The van der Waals surface area contributed by atoms with Crippen molar-refractivity contribution in [2.75, 3.05) is 13.2 Å². The van der Waals surface area contributed by atoms with E-state index < -0.39 is 56.8 Å². The Labute approximate surface area is 155 Å². The predicted molar refractivity (Wildman–Crippen MR) is 93.8 cm³/mol. The van der Waals surface area contributed by atoms with Crippen LogP contribution in [0.3, 0.4) is 0 Å². The molecule has 1 rings (SSSR count). The molecule has 27 heavy (non-hydrogen) atoms. The average molecular weight is 391 g/mol. The molecule has 1 aromatic carbocycles. The summed E-state index contributed by atoms with van der Waals surface area (Å²) in [4.78, 5) is 10.5. The summed E-state index contributed by atoms with van der Waals surface area (Å²) in [6.45, 7) is -1.45. The number of benzene rings is 1. The summed E-state index contributed by atoms with van der Waals surface area (Å²) in [6.07, 6.45) is -6.17. The van der Waals surface area contributed by atoms with E-state index in [4.69, 9.17) is 51.5 Å². The maximum absolute atomic E-state index is 10.5. The first kappa shape index (κ1) is 25.4. The fraction of sp³-hybridized carbons (Fsp3) is 0.533. The number of carboxylic acids is 1. The summed E-state index contributed by atoms with van der Waals surface area (Å²) >= 11 is 0. The number of nitrogens with two attached hydrogens (primary N) is 1. The molecule has 5 atom stereocenters. The summed E-state index contributed by atoms with van der Waals surface area (Å²) in [7, 11) is -1.51. The van der Waals surface area contributed by atoms with Gasteiger partial charge in [0.25, 0.3) is 0 Å². The van der Waals surface area contributed by atoms with Crippen LogP contribution in [0.5, 0.6) is 0 Å². The highest BCUT2D eigenvalue weighted by Gasteiger charge is 2.29. The van der Waals surface area contributed by atoms with Crippen LogP contribution >= 0.6 is 0 Å². The van der Waals surface area contributed by atoms with Gasteiger partial charge in [-0.25, -0.2) is 0 Å². The van der Waals surface area contributed by atoms with E-state index in [9.17, 15) is 4.79 Å². The van der Waals surface area contributed by atoms with Crippen molar-refractivity contribution in [1.82, 2.24) is 0 Å². The molecule has 0 spiro atoms. The van der Waals surface area contributed by atoms with E-state index in [-0.39, 0.29) is 6.42 Å². The highest BCUT2D eigenvalue weighted by atomic mass is 16.4. The van der Waals surface area contributed by atoms with Gasteiger partial charge in [-0.05, 0) is 17.4 Å². The molecule has 11 N–H and O–H groups in total. The Balaban J connectivity index is 0.000000516. The second-order valence-electron chi connectivity index (χ2n) is 5.75. The summed E-state index contributed by atoms with van der Waals surface area (Å²) < 4.78 is 0. The van der Waals surface area contributed by atoms with Crippen molar-refractivity contribution in [3.63, 3.8) is 0 Å². The van der Waals surface area contributed by atoms with Gasteiger partial charge >= 0.3 is 13.1 Å². The summed E-state index contributed by atoms with van der Waals surface area (Å²) in [5.74, 6) is -1.05. The lowest BCUT2D eigenvalue weighted by molar-refractivity contribution is -0.138. The van der Waals surface area contributed by atoms with E-state index in [0.717, 1.165) is 5.56 Å². The van der Waals surface area contributed by atoms with Gasteiger partial charge in [-0.2, -0.15) is 0 Å². The smallest absolute Gasteiger partial charge is 0.480 e. The van der Waals surface area contributed by atoms with Crippen LogP contribution in [0.25, 0.3) is 0 Å². The monoisotopic (exact) mass is 391 g/mol. The molecule has 0 unspecified atom stereocenters. The van der Waals surface area contributed by atoms with Crippen LogP contribution in [0.2, 0.25) is 0 Å². The highest BCUT2D eigenvalue weighted by Crippen LogP contribution is 2.04. The fourth-order valence-electron chi connectivity index (χ4n) is 1.84. The predicted octanol–water partition coefficient (Wildman–Crippen LogP) is -5.26. The minimum Gasteiger partial charge on any atom is -0.480 e. The van der Waals surface area contributed by atoms with Gasteiger partial charge in [0, 0.05) is 0 Å². The van der Waals surface area contributed by atoms with Gasteiger partial charge in [-0.1, -0.05) is 24.3 Å². The van der Waals surface area contributed by atoms with Gasteiger partial charge in [-0.15, -0.1) is 0 Å². The minimum atomic E-state index is -1.67. The molecule has 0 aliphatic carbocycles. The Morgan fingerprint density at radius 3 is 1.63 bits per heavy atom. The van der Waals surface area contributed by atoms with E-state index in [2.05, 4.69) is 0 Å². The van der Waals surface area contributed by atoms with Crippen LogP contribution in [0, 0.1) is 0 Å². The maximum Gasteiger partial charge on any atom is 0.488 e. The Morgan fingerprint density at radius 1 is 0.926 bits per heavy atom. The zero-order valence-corrected chi connectivity index (χ0v) is 14.4. The molecule has 0 saturated heterocycles. The fourth-order valence-corrected chi connectivity index (χ4v) is 1.84. The molecular weight excluding hydrogens is 365 g/mol. The van der Waals surface area contributed by atoms with Crippen LogP contribution in [-0.4, -0.2) is 103 Å². The first-order valence-electron chi connectivity index (χ1n) is 7.92. The zero-order chi connectivity index (χ0) is 21.1. The molecule has 0 bridgehead atoms. The zero-order valence-electron chi connectivity index (χ0n) is 14.4. The van der Waals surface area contributed by atoms with Crippen molar-refractivity contribution in [2.24, 2.45) is 5.73 Å². The largest absolute Gasteiger partial charge is 0.488 e. The van der Waals surface area contributed by atoms with Gasteiger partial charge in [0.05, 0.1) is 13.2 Å². The average Bonchev–Trinajstić information content (AvgIpc) is 2.66. The molecule has 0 amide bonds. The Morgan fingerprint density at radius 2 is 1.33 bits per heavy atom. The molecule has 0 radical (unpaired) electrons. The van der Waals surface area contributed by atoms with Gasteiger partial charge in [0.1, 0.15) is 30.5 Å². The molecule has 0 aliphatic rings. The number of hydrogen-bond acceptors (Lipinski definition) is 10. The summed E-state index contributed by atoms with van der Waals surface area (Å²) in [6, 6.07) is 5.35. The summed E-state index contributed by atoms with van der Waals surface area (Å²) in [5.41, 5.74) is 6.46. The molecule has 12 heteroatoms. The van der Waals surface area contributed by atoms with Gasteiger partial charge in [0.15, 0.2) is 0 Å². The molecule has 0 aromatic heterocycles. The van der Waals surface area contributed by atoms with Crippen molar-refractivity contribution in [3.05, 3.63) is 29.8 Å². The number of hydrogen-bond donors (Lipinski definition) is 10. The van der Waals surface area contributed by atoms with Crippen molar-refractivity contribution >= 4 is 18.6 Å². The van der Waals surface area contributed by atoms with E-state index >= 15 is 0 Å². The number of rotatable bonds is 9. The second kappa shape index (κ2) is 12.7. The Kier molecular flexibility index (Phi) is 12.0. The van der Waals surface area contributed by atoms with E-state index in [1.165, 1.54) is 12.1 Å². The summed E-state index contributed by atoms with van der Waals surface area (Å²) in [5, 5.41) is 78.4. The van der Waals surface area contributed by atoms with E-state index in [1.807, 2.05) is 0 Å². The lowest BCUT2D eigenvalue weighted by Crippen LogP contribution is -2.46. The third-order valence-electron chi connectivity index (χ3n) is 3.56. The van der Waals surface area contributed by atoms with Gasteiger partial charge < -0.3 is 51.5 Å².